The SMILES string of the molecule is C=CC1(C)C(=O)CC(C)CC1SCC(=O)O. The van der Waals surface area contributed by atoms with Crippen LogP contribution in [-0.2, 0) is 9.59 Å². The van der Waals surface area contributed by atoms with Crippen LogP contribution in [0.2, 0.25) is 0 Å². The Labute approximate surface area is 100 Å². The van der Waals surface area contributed by atoms with Gasteiger partial charge in [0.2, 0.25) is 0 Å². The monoisotopic (exact) mass is 242 g/mol. The first-order valence-corrected chi connectivity index (χ1v) is 6.45. The van der Waals surface area contributed by atoms with Crippen LogP contribution in [-0.4, -0.2) is 27.9 Å². The Balaban J connectivity index is 2.80. The van der Waals surface area contributed by atoms with E-state index in [2.05, 4.69) is 6.58 Å². The highest BCUT2D eigenvalue weighted by Gasteiger charge is 2.43. The van der Waals surface area contributed by atoms with Crippen molar-refractivity contribution in [1.82, 2.24) is 0 Å². The fraction of sp³-hybridized carbons (Fsp3) is 0.667. The summed E-state index contributed by atoms with van der Waals surface area (Å²) in [6.07, 6.45) is 3.14. The van der Waals surface area contributed by atoms with Gasteiger partial charge in [0.15, 0.2) is 0 Å². The van der Waals surface area contributed by atoms with Crippen LogP contribution in [0.4, 0.5) is 0 Å². The number of carboxylic acid groups (broad SMARTS) is 1. The van der Waals surface area contributed by atoms with Crippen molar-refractivity contribution >= 4 is 23.5 Å². The minimum absolute atomic E-state index is 0.0392. The molecule has 4 heteroatoms. The maximum absolute atomic E-state index is 12.0. The van der Waals surface area contributed by atoms with Crippen LogP contribution in [0.15, 0.2) is 12.7 Å². The second-order valence-electron chi connectivity index (χ2n) is 4.65. The molecule has 0 spiro atoms. The van der Waals surface area contributed by atoms with Gasteiger partial charge in [-0.1, -0.05) is 13.0 Å². The van der Waals surface area contributed by atoms with Crippen LogP contribution < -0.4 is 0 Å². The second-order valence-corrected chi connectivity index (χ2v) is 5.84. The number of carboxylic acids is 1. The fourth-order valence-electron chi connectivity index (χ4n) is 2.07. The summed E-state index contributed by atoms with van der Waals surface area (Å²) >= 11 is 1.35. The molecule has 0 aromatic carbocycles. The lowest BCUT2D eigenvalue weighted by atomic mass is 9.71. The molecule has 1 aliphatic rings. The molecule has 0 bridgehead atoms. The zero-order chi connectivity index (χ0) is 12.3. The minimum Gasteiger partial charge on any atom is -0.481 e. The Bertz CT molecular complexity index is 313. The van der Waals surface area contributed by atoms with Crippen molar-refractivity contribution in [3.8, 4) is 0 Å². The molecule has 0 saturated heterocycles. The standard InChI is InChI=1S/C12H18O3S/c1-4-12(3)9(13)5-8(2)6-10(12)16-7-11(14)15/h4,8,10H,1,5-7H2,2-3H3,(H,14,15). The van der Waals surface area contributed by atoms with E-state index in [9.17, 15) is 9.59 Å². The Kier molecular flexibility index (Phi) is 4.19. The molecule has 3 atom stereocenters. The molecule has 0 radical (unpaired) electrons. The van der Waals surface area contributed by atoms with Crippen LogP contribution in [0.25, 0.3) is 0 Å². The van der Waals surface area contributed by atoms with Crippen LogP contribution in [0.1, 0.15) is 26.7 Å². The molecular weight excluding hydrogens is 224 g/mol. The lowest BCUT2D eigenvalue weighted by Gasteiger charge is -2.39. The first-order chi connectivity index (χ1) is 7.40. The van der Waals surface area contributed by atoms with Gasteiger partial charge in [-0.3, -0.25) is 9.59 Å². The minimum atomic E-state index is -0.831. The number of ketones is 1. The Hall–Kier alpha value is -0.770. The molecule has 90 valence electrons. The van der Waals surface area contributed by atoms with Gasteiger partial charge in [-0.15, -0.1) is 18.3 Å². The van der Waals surface area contributed by atoms with E-state index in [4.69, 9.17) is 5.11 Å². The van der Waals surface area contributed by atoms with E-state index < -0.39 is 11.4 Å². The molecule has 0 heterocycles. The van der Waals surface area contributed by atoms with Crippen LogP contribution >= 0.6 is 11.8 Å². The van der Waals surface area contributed by atoms with E-state index in [1.807, 2.05) is 13.8 Å². The number of allylic oxidation sites excluding steroid dienone is 1. The summed E-state index contributed by atoms with van der Waals surface area (Å²) < 4.78 is 0. The molecule has 16 heavy (non-hydrogen) atoms. The summed E-state index contributed by atoms with van der Waals surface area (Å²) in [6.45, 7) is 7.63. The van der Waals surface area contributed by atoms with Crippen molar-refractivity contribution < 1.29 is 14.7 Å². The Morgan fingerprint density at radius 3 is 2.88 bits per heavy atom. The van der Waals surface area contributed by atoms with Crippen molar-refractivity contribution in [2.45, 2.75) is 31.9 Å². The molecular formula is C12H18O3S. The van der Waals surface area contributed by atoms with Crippen molar-refractivity contribution in [3.63, 3.8) is 0 Å². The van der Waals surface area contributed by atoms with E-state index >= 15 is 0 Å². The highest BCUT2D eigenvalue weighted by atomic mass is 32.2. The first-order valence-electron chi connectivity index (χ1n) is 5.40. The van der Waals surface area contributed by atoms with E-state index in [1.54, 1.807) is 6.08 Å². The summed E-state index contributed by atoms with van der Waals surface area (Å²) in [5, 5.41) is 8.73. The number of hydrogen-bond acceptors (Lipinski definition) is 3. The highest BCUT2D eigenvalue weighted by Crippen LogP contribution is 2.43. The Morgan fingerprint density at radius 2 is 2.38 bits per heavy atom. The van der Waals surface area contributed by atoms with Gasteiger partial charge in [-0.25, -0.2) is 0 Å². The zero-order valence-electron chi connectivity index (χ0n) is 9.73. The van der Waals surface area contributed by atoms with Crippen molar-refractivity contribution in [2.75, 3.05) is 5.75 Å². The highest BCUT2D eigenvalue weighted by molar-refractivity contribution is 8.00. The molecule has 3 nitrogen and oxygen atoms in total. The van der Waals surface area contributed by atoms with Crippen molar-refractivity contribution in [3.05, 3.63) is 12.7 Å². The number of hydrogen-bond donors (Lipinski definition) is 1. The van der Waals surface area contributed by atoms with E-state index in [1.165, 1.54) is 11.8 Å². The third kappa shape index (κ3) is 2.67. The zero-order valence-corrected chi connectivity index (χ0v) is 10.5. The molecule has 3 unspecified atom stereocenters. The molecule has 0 aromatic rings. The molecule has 1 fully saturated rings. The fourth-order valence-corrected chi connectivity index (χ4v) is 3.45. The van der Waals surface area contributed by atoms with Gasteiger partial charge in [-0.2, -0.15) is 0 Å². The smallest absolute Gasteiger partial charge is 0.313 e. The van der Waals surface area contributed by atoms with Gasteiger partial charge in [0.25, 0.3) is 0 Å². The topological polar surface area (TPSA) is 54.4 Å². The normalized spacial score (nSPS) is 34.8. The van der Waals surface area contributed by atoms with Gasteiger partial charge in [0.05, 0.1) is 11.2 Å². The third-order valence-electron chi connectivity index (χ3n) is 3.25. The Morgan fingerprint density at radius 1 is 1.75 bits per heavy atom. The molecule has 0 aromatic heterocycles. The predicted molar refractivity (Wildman–Crippen MR) is 65.6 cm³/mol. The van der Waals surface area contributed by atoms with Gasteiger partial charge >= 0.3 is 5.97 Å². The molecule has 0 aliphatic heterocycles. The molecule has 1 aliphatic carbocycles. The van der Waals surface area contributed by atoms with Gasteiger partial charge in [0, 0.05) is 11.7 Å². The molecule has 1 rings (SSSR count). The van der Waals surface area contributed by atoms with Crippen LogP contribution in [0.5, 0.6) is 0 Å². The maximum Gasteiger partial charge on any atom is 0.313 e. The number of rotatable bonds is 4. The third-order valence-corrected chi connectivity index (χ3v) is 4.75. The molecule has 1 N–H and O–H groups in total. The number of thioether (sulfide) groups is 1. The van der Waals surface area contributed by atoms with Crippen LogP contribution in [0, 0.1) is 11.3 Å². The number of aliphatic carboxylic acids is 1. The number of carbonyl (C=O) groups is 2. The predicted octanol–water partition coefficient (Wildman–Crippen LogP) is 2.36. The van der Waals surface area contributed by atoms with Gasteiger partial charge in [0.1, 0.15) is 5.78 Å². The lowest BCUT2D eigenvalue weighted by molar-refractivity contribution is -0.134. The lowest BCUT2D eigenvalue weighted by Crippen LogP contribution is -2.42. The summed E-state index contributed by atoms with van der Waals surface area (Å²) in [6, 6.07) is 0. The quantitative estimate of drug-likeness (QED) is 0.769. The summed E-state index contributed by atoms with van der Waals surface area (Å²) in [7, 11) is 0. The van der Waals surface area contributed by atoms with Crippen molar-refractivity contribution in [2.24, 2.45) is 11.3 Å². The largest absolute Gasteiger partial charge is 0.481 e. The maximum atomic E-state index is 12.0. The average molecular weight is 242 g/mol. The van der Waals surface area contributed by atoms with E-state index in [0.29, 0.717) is 12.3 Å². The summed E-state index contributed by atoms with van der Waals surface area (Å²) in [5.41, 5.74) is -0.563. The van der Waals surface area contributed by atoms with Gasteiger partial charge < -0.3 is 5.11 Å². The summed E-state index contributed by atoms with van der Waals surface area (Å²) in [5.74, 6) is -0.258. The molecule has 1 saturated carbocycles. The number of carbonyl (C=O) groups excluding carboxylic acids is 1. The number of Topliss-reactive ketones (excluding diaryl/α,β-unsaturated/α-hetero) is 1. The summed E-state index contributed by atoms with van der Waals surface area (Å²) in [4.78, 5) is 22.6. The average Bonchev–Trinajstić information content (AvgIpc) is 2.21. The second kappa shape index (κ2) is 5.04. The van der Waals surface area contributed by atoms with Crippen molar-refractivity contribution in [1.29, 1.82) is 0 Å². The van der Waals surface area contributed by atoms with E-state index in [0.717, 1.165) is 6.42 Å². The van der Waals surface area contributed by atoms with Crippen LogP contribution in [0.3, 0.4) is 0 Å². The van der Waals surface area contributed by atoms with E-state index in [-0.39, 0.29) is 16.8 Å². The van der Waals surface area contributed by atoms with Gasteiger partial charge in [-0.05, 0) is 19.3 Å². The molecule has 0 amide bonds. The first kappa shape index (κ1) is 13.3.